The van der Waals surface area contributed by atoms with Crippen molar-refractivity contribution >= 4 is 28.9 Å². The average molecular weight is 307 g/mol. The molecule has 8 heteroatoms. The Morgan fingerprint density at radius 3 is 2.95 bits per heavy atom. The number of aryl methyl sites for hydroxylation is 1. The Kier molecular flexibility index (Phi) is 3.37. The number of nitrogens with two attached hydrogens (primary N) is 1. The van der Waals surface area contributed by atoms with Crippen molar-refractivity contribution in [1.29, 1.82) is 0 Å². The van der Waals surface area contributed by atoms with Crippen molar-refractivity contribution in [3.63, 3.8) is 0 Å². The molecule has 2 N–H and O–H groups in total. The summed E-state index contributed by atoms with van der Waals surface area (Å²) in [6.07, 6.45) is 4.55. The lowest BCUT2D eigenvalue weighted by atomic mass is 10.1. The van der Waals surface area contributed by atoms with Gasteiger partial charge in [-0.3, -0.25) is 9.67 Å². The lowest BCUT2D eigenvalue weighted by molar-refractivity contribution is 0.769. The van der Waals surface area contributed by atoms with Gasteiger partial charge in [-0.25, -0.2) is 9.97 Å². The van der Waals surface area contributed by atoms with E-state index in [4.69, 9.17) is 17.3 Å². The molecular weight excluding hydrogens is 296 g/mol. The van der Waals surface area contributed by atoms with E-state index in [1.807, 2.05) is 25.0 Å². The van der Waals surface area contributed by atoms with E-state index >= 15 is 0 Å². The molecule has 0 fully saturated rings. The Balaban J connectivity index is 2.04. The summed E-state index contributed by atoms with van der Waals surface area (Å²) < 4.78 is 1.75. The van der Waals surface area contributed by atoms with Gasteiger partial charge < -0.3 is 5.73 Å². The maximum absolute atomic E-state index is 5.93. The highest BCUT2D eigenvalue weighted by molar-refractivity contribution is 7.09. The maximum atomic E-state index is 5.93. The second-order valence-corrected chi connectivity index (χ2v) is 5.61. The number of anilines is 1. The quantitative estimate of drug-likeness (QED) is 0.750. The van der Waals surface area contributed by atoms with Crippen LogP contribution < -0.4 is 5.73 Å². The van der Waals surface area contributed by atoms with E-state index < -0.39 is 0 Å². The van der Waals surface area contributed by atoms with Gasteiger partial charge in [-0.15, -0.1) is 11.3 Å². The predicted octanol–water partition coefficient (Wildman–Crippen LogP) is 2.16. The van der Waals surface area contributed by atoms with Gasteiger partial charge in [-0.2, -0.15) is 5.10 Å². The molecule has 0 spiro atoms. The van der Waals surface area contributed by atoms with Gasteiger partial charge in [0, 0.05) is 42.4 Å². The third kappa shape index (κ3) is 2.63. The summed E-state index contributed by atoms with van der Waals surface area (Å²) in [5, 5.41) is 4.75. The highest BCUT2D eigenvalue weighted by Crippen LogP contribution is 2.25. The van der Waals surface area contributed by atoms with Gasteiger partial charge in [-0.05, 0) is 0 Å². The summed E-state index contributed by atoms with van der Waals surface area (Å²) in [4.78, 5) is 13.3. The maximum Gasteiger partial charge on any atom is 0.222 e. The highest BCUT2D eigenvalue weighted by atomic mass is 35.5. The topological polar surface area (TPSA) is 82.5 Å². The number of nitrogen functional groups attached to an aromatic ring is 1. The van der Waals surface area contributed by atoms with E-state index in [1.165, 1.54) is 0 Å². The van der Waals surface area contributed by atoms with Crippen molar-refractivity contribution in [3.8, 4) is 11.4 Å². The average Bonchev–Trinajstić information content (AvgIpc) is 2.98. The third-order valence-corrected chi connectivity index (χ3v) is 3.68. The SMILES string of the molecule is Cn1cc(Cc2cncs2)c(-c2cc(Cl)nc(N)n2)n1. The van der Waals surface area contributed by atoms with Crippen molar-refractivity contribution < 1.29 is 0 Å². The number of nitrogens with zero attached hydrogens (tertiary/aromatic N) is 5. The Bertz CT molecular complexity index is 716. The zero-order valence-corrected chi connectivity index (χ0v) is 12.2. The number of halogens is 1. The van der Waals surface area contributed by atoms with Gasteiger partial charge in [0.05, 0.1) is 11.2 Å². The van der Waals surface area contributed by atoms with Gasteiger partial charge in [0.2, 0.25) is 5.95 Å². The molecule has 0 atom stereocenters. The molecule has 0 aliphatic rings. The zero-order chi connectivity index (χ0) is 14.1. The Morgan fingerprint density at radius 1 is 1.40 bits per heavy atom. The summed E-state index contributed by atoms with van der Waals surface area (Å²) in [6, 6.07) is 1.66. The van der Waals surface area contributed by atoms with Crippen molar-refractivity contribution in [2.24, 2.45) is 7.05 Å². The van der Waals surface area contributed by atoms with Gasteiger partial charge >= 0.3 is 0 Å². The van der Waals surface area contributed by atoms with Crippen LogP contribution in [0.3, 0.4) is 0 Å². The summed E-state index contributed by atoms with van der Waals surface area (Å²) in [5.74, 6) is 0.141. The molecule has 0 saturated heterocycles. The summed E-state index contributed by atoms with van der Waals surface area (Å²) in [6.45, 7) is 0. The summed E-state index contributed by atoms with van der Waals surface area (Å²) in [5.41, 5.74) is 9.89. The highest BCUT2D eigenvalue weighted by Gasteiger charge is 2.14. The fourth-order valence-electron chi connectivity index (χ4n) is 1.96. The molecule has 102 valence electrons. The number of hydrogen-bond donors (Lipinski definition) is 1. The first-order chi connectivity index (χ1) is 9.61. The molecule has 6 nitrogen and oxygen atoms in total. The molecule has 20 heavy (non-hydrogen) atoms. The lowest BCUT2D eigenvalue weighted by Gasteiger charge is -2.02. The Hall–Kier alpha value is -1.99. The molecule has 3 aromatic rings. The predicted molar refractivity (Wildman–Crippen MR) is 78.6 cm³/mol. The van der Waals surface area contributed by atoms with Gasteiger partial charge in [0.25, 0.3) is 0 Å². The summed E-state index contributed by atoms with van der Waals surface area (Å²) in [7, 11) is 1.87. The van der Waals surface area contributed by atoms with Crippen LogP contribution in [0.15, 0.2) is 24.0 Å². The van der Waals surface area contributed by atoms with Crippen LogP contribution in [0, 0.1) is 0 Å². The van der Waals surface area contributed by atoms with E-state index in [-0.39, 0.29) is 5.95 Å². The third-order valence-electron chi connectivity index (χ3n) is 2.71. The van der Waals surface area contributed by atoms with Crippen molar-refractivity contribution in [1.82, 2.24) is 24.7 Å². The van der Waals surface area contributed by atoms with E-state index in [0.29, 0.717) is 10.8 Å². The molecule has 0 bridgehead atoms. The normalized spacial score (nSPS) is 10.9. The molecule has 3 rings (SSSR count). The van der Waals surface area contributed by atoms with E-state index in [9.17, 15) is 0 Å². The first kappa shape index (κ1) is 13.0. The minimum Gasteiger partial charge on any atom is -0.368 e. The van der Waals surface area contributed by atoms with Gasteiger partial charge in [0.1, 0.15) is 10.8 Å². The van der Waals surface area contributed by atoms with Crippen LogP contribution in [-0.2, 0) is 13.5 Å². The number of rotatable bonds is 3. The van der Waals surface area contributed by atoms with Crippen molar-refractivity contribution in [3.05, 3.63) is 39.6 Å². The second kappa shape index (κ2) is 5.18. The molecule has 3 heterocycles. The lowest BCUT2D eigenvalue weighted by Crippen LogP contribution is -1.98. The molecule has 3 aromatic heterocycles. The van der Waals surface area contributed by atoms with Crippen LogP contribution in [0.5, 0.6) is 0 Å². The standard InChI is InChI=1S/C12H11ClN6S/c1-19-5-7(2-8-4-15-6-20-8)11(18-19)9-3-10(13)17-12(14)16-9/h3-6H,2H2,1H3,(H2,14,16,17). The van der Waals surface area contributed by atoms with Crippen LogP contribution in [-0.4, -0.2) is 24.7 Å². The molecule has 0 radical (unpaired) electrons. The van der Waals surface area contributed by atoms with Crippen LogP contribution in [0.25, 0.3) is 11.4 Å². The molecule has 0 aliphatic carbocycles. The van der Waals surface area contributed by atoms with Crippen molar-refractivity contribution in [2.45, 2.75) is 6.42 Å². The van der Waals surface area contributed by atoms with Crippen LogP contribution >= 0.6 is 22.9 Å². The summed E-state index contributed by atoms with van der Waals surface area (Å²) >= 11 is 7.53. The first-order valence-electron chi connectivity index (χ1n) is 5.82. The van der Waals surface area contributed by atoms with E-state index in [1.54, 1.807) is 22.1 Å². The molecule has 0 amide bonds. The van der Waals surface area contributed by atoms with Crippen molar-refractivity contribution in [2.75, 3.05) is 5.73 Å². The first-order valence-corrected chi connectivity index (χ1v) is 7.08. The van der Waals surface area contributed by atoms with E-state index in [2.05, 4.69) is 20.1 Å². The minimum absolute atomic E-state index is 0.141. The van der Waals surface area contributed by atoms with Crippen LogP contribution in [0.4, 0.5) is 5.95 Å². The number of hydrogen-bond acceptors (Lipinski definition) is 6. The van der Waals surface area contributed by atoms with Crippen LogP contribution in [0.2, 0.25) is 5.15 Å². The number of aromatic nitrogens is 5. The van der Waals surface area contributed by atoms with Gasteiger partial charge in [0.15, 0.2) is 0 Å². The fraction of sp³-hybridized carbons (Fsp3) is 0.167. The number of thiazole rings is 1. The zero-order valence-electron chi connectivity index (χ0n) is 10.6. The Morgan fingerprint density at radius 2 is 2.25 bits per heavy atom. The molecular formula is C12H11ClN6S. The minimum atomic E-state index is 0.141. The molecule has 0 aromatic carbocycles. The smallest absolute Gasteiger partial charge is 0.222 e. The van der Waals surface area contributed by atoms with Crippen LogP contribution in [0.1, 0.15) is 10.4 Å². The molecule has 0 aliphatic heterocycles. The van der Waals surface area contributed by atoms with E-state index in [0.717, 1.165) is 22.6 Å². The fourth-order valence-corrected chi connectivity index (χ4v) is 2.76. The molecule has 0 unspecified atom stereocenters. The van der Waals surface area contributed by atoms with Gasteiger partial charge in [-0.1, -0.05) is 11.6 Å². The monoisotopic (exact) mass is 306 g/mol. The molecule has 0 saturated carbocycles. The second-order valence-electron chi connectivity index (χ2n) is 4.26. The largest absolute Gasteiger partial charge is 0.368 e. The Labute approximate surface area is 124 Å².